The summed E-state index contributed by atoms with van der Waals surface area (Å²) in [7, 11) is 0. The Hall–Kier alpha value is -0.530. The van der Waals surface area contributed by atoms with Crippen molar-refractivity contribution in [2.75, 3.05) is 13.1 Å². The van der Waals surface area contributed by atoms with Crippen LogP contribution in [0.25, 0.3) is 0 Å². The third kappa shape index (κ3) is 2.45. The zero-order valence-corrected chi connectivity index (χ0v) is 9.10. The Labute approximate surface area is 81.3 Å². The first kappa shape index (κ1) is 10.6. The van der Waals surface area contributed by atoms with E-state index in [0.29, 0.717) is 5.91 Å². The molecule has 0 aromatic carbocycles. The summed E-state index contributed by atoms with van der Waals surface area (Å²) < 4.78 is 0. The lowest BCUT2D eigenvalue weighted by Gasteiger charge is -2.33. The maximum absolute atomic E-state index is 12.0. The molecule has 0 saturated carbocycles. The number of rotatable bonds is 2. The summed E-state index contributed by atoms with van der Waals surface area (Å²) in [6.07, 6.45) is 4.59. The molecule has 1 fully saturated rings. The summed E-state index contributed by atoms with van der Waals surface area (Å²) in [6.45, 7) is 8.13. The highest BCUT2D eigenvalue weighted by Crippen LogP contribution is 2.24. The summed E-state index contributed by atoms with van der Waals surface area (Å²) in [6, 6.07) is 0. The highest BCUT2D eigenvalue weighted by Gasteiger charge is 2.30. The van der Waals surface area contributed by atoms with Crippen molar-refractivity contribution >= 4 is 5.91 Å². The normalized spacial score (nSPS) is 18.8. The van der Waals surface area contributed by atoms with Gasteiger partial charge in [0.05, 0.1) is 0 Å². The van der Waals surface area contributed by atoms with Gasteiger partial charge in [-0.1, -0.05) is 20.8 Å². The molecule has 1 rings (SSSR count). The summed E-state index contributed by atoms with van der Waals surface area (Å²) in [4.78, 5) is 14.0. The molecule has 13 heavy (non-hydrogen) atoms. The van der Waals surface area contributed by atoms with E-state index < -0.39 is 0 Å². The number of likely N-dealkylation sites (tertiary alicyclic amines) is 1. The van der Waals surface area contributed by atoms with Crippen molar-refractivity contribution in [2.24, 2.45) is 5.41 Å². The van der Waals surface area contributed by atoms with Crippen molar-refractivity contribution in [3.05, 3.63) is 0 Å². The lowest BCUT2D eigenvalue weighted by atomic mass is 9.88. The van der Waals surface area contributed by atoms with Crippen molar-refractivity contribution in [2.45, 2.75) is 46.5 Å². The van der Waals surface area contributed by atoms with Crippen LogP contribution in [0, 0.1) is 5.41 Å². The van der Waals surface area contributed by atoms with E-state index in [4.69, 9.17) is 0 Å². The minimum atomic E-state index is -0.155. The molecular formula is C11H21NO. The van der Waals surface area contributed by atoms with Gasteiger partial charge in [-0.3, -0.25) is 4.79 Å². The molecule has 0 aromatic heterocycles. The van der Waals surface area contributed by atoms with Crippen LogP contribution in [0.1, 0.15) is 46.5 Å². The average Bonchev–Trinajstić information content (AvgIpc) is 2.18. The number of hydrogen-bond acceptors (Lipinski definition) is 1. The number of piperidine rings is 1. The van der Waals surface area contributed by atoms with Crippen LogP contribution in [0.2, 0.25) is 0 Å². The fraction of sp³-hybridized carbons (Fsp3) is 0.909. The van der Waals surface area contributed by atoms with Crippen LogP contribution < -0.4 is 0 Å². The van der Waals surface area contributed by atoms with E-state index in [1.165, 1.54) is 19.3 Å². The van der Waals surface area contributed by atoms with E-state index in [1.807, 2.05) is 18.7 Å². The van der Waals surface area contributed by atoms with Crippen LogP contribution in [0.3, 0.4) is 0 Å². The molecule has 0 radical (unpaired) electrons. The molecule has 0 spiro atoms. The highest BCUT2D eigenvalue weighted by molar-refractivity contribution is 5.81. The maximum Gasteiger partial charge on any atom is 0.228 e. The molecule has 1 aliphatic rings. The molecule has 1 heterocycles. The van der Waals surface area contributed by atoms with E-state index in [-0.39, 0.29) is 5.41 Å². The van der Waals surface area contributed by atoms with Gasteiger partial charge in [0.25, 0.3) is 0 Å². The average molecular weight is 183 g/mol. The van der Waals surface area contributed by atoms with Gasteiger partial charge in [0, 0.05) is 18.5 Å². The van der Waals surface area contributed by atoms with Crippen LogP contribution in [-0.2, 0) is 4.79 Å². The third-order valence-electron chi connectivity index (χ3n) is 3.11. The number of amides is 1. The van der Waals surface area contributed by atoms with Crippen molar-refractivity contribution in [3.8, 4) is 0 Å². The molecule has 1 aliphatic heterocycles. The van der Waals surface area contributed by atoms with Crippen LogP contribution in [0.15, 0.2) is 0 Å². The standard InChI is InChI=1S/C11H21NO/c1-4-11(2,3)10(13)12-8-6-5-7-9-12/h4-9H2,1-3H3. The molecule has 0 bridgehead atoms. The first-order chi connectivity index (χ1) is 6.08. The van der Waals surface area contributed by atoms with E-state index >= 15 is 0 Å². The van der Waals surface area contributed by atoms with E-state index in [9.17, 15) is 4.79 Å². The Morgan fingerprint density at radius 1 is 1.23 bits per heavy atom. The number of carbonyl (C=O) groups is 1. The van der Waals surface area contributed by atoms with Crippen LogP contribution in [0.4, 0.5) is 0 Å². The molecule has 0 atom stereocenters. The predicted molar refractivity (Wildman–Crippen MR) is 54.5 cm³/mol. The molecule has 0 aromatic rings. The lowest BCUT2D eigenvalue weighted by molar-refractivity contribution is -0.141. The Kier molecular flexibility index (Phi) is 3.34. The van der Waals surface area contributed by atoms with Crippen LogP contribution >= 0.6 is 0 Å². The van der Waals surface area contributed by atoms with Crippen molar-refractivity contribution in [3.63, 3.8) is 0 Å². The number of carbonyl (C=O) groups excluding carboxylic acids is 1. The molecule has 0 aliphatic carbocycles. The fourth-order valence-electron chi connectivity index (χ4n) is 1.68. The summed E-state index contributed by atoms with van der Waals surface area (Å²) >= 11 is 0. The Morgan fingerprint density at radius 3 is 2.23 bits per heavy atom. The second kappa shape index (κ2) is 4.12. The zero-order valence-electron chi connectivity index (χ0n) is 9.10. The molecule has 1 amide bonds. The minimum absolute atomic E-state index is 0.155. The summed E-state index contributed by atoms with van der Waals surface area (Å²) in [5.74, 6) is 0.342. The molecule has 2 nitrogen and oxygen atoms in total. The molecular weight excluding hydrogens is 162 g/mol. The molecule has 0 N–H and O–H groups in total. The smallest absolute Gasteiger partial charge is 0.228 e. The van der Waals surface area contributed by atoms with Gasteiger partial charge in [-0.15, -0.1) is 0 Å². The predicted octanol–water partition coefficient (Wildman–Crippen LogP) is 2.44. The molecule has 76 valence electrons. The molecule has 1 saturated heterocycles. The van der Waals surface area contributed by atoms with Crippen LogP contribution in [-0.4, -0.2) is 23.9 Å². The first-order valence-electron chi connectivity index (χ1n) is 5.37. The quantitative estimate of drug-likeness (QED) is 0.644. The zero-order chi connectivity index (χ0) is 9.90. The largest absolute Gasteiger partial charge is 0.342 e. The monoisotopic (exact) mass is 183 g/mol. The fourth-order valence-corrected chi connectivity index (χ4v) is 1.68. The van der Waals surface area contributed by atoms with Crippen molar-refractivity contribution in [1.82, 2.24) is 4.90 Å². The molecule has 0 unspecified atom stereocenters. The first-order valence-corrected chi connectivity index (χ1v) is 5.37. The van der Waals surface area contributed by atoms with Gasteiger partial charge in [-0.2, -0.15) is 0 Å². The summed E-state index contributed by atoms with van der Waals surface area (Å²) in [5, 5.41) is 0. The van der Waals surface area contributed by atoms with Gasteiger partial charge in [0.1, 0.15) is 0 Å². The van der Waals surface area contributed by atoms with E-state index in [1.54, 1.807) is 0 Å². The van der Waals surface area contributed by atoms with Gasteiger partial charge >= 0.3 is 0 Å². The van der Waals surface area contributed by atoms with E-state index in [0.717, 1.165) is 19.5 Å². The Balaban J connectivity index is 2.55. The number of nitrogens with zero attached hydrogens (tertiary/aromatic N) is 1. The van der Waals surface area contributed by atoms with Gasteiger partial charge in [0.2, 0.25) is 5.91 Å². The highest BCUT2D eigenvalue weighted by atomic mass is 16.2. The van der Waals surface area contributed by atoms with Gasteiger partial charge in [0.15, 0.2) is 0 Å². The Bertz CT molecular complexity index is 181. The lowest BCUT2D eigenvalue weighted by Crippen LogP contribution is -2.43. The second-order valence-electron chi connectivity index (χ2n) is 4.59. The summed E-state index contributed by atoms with van der Waals surface area (Å²) in [5.41, 5.74) is -0.155. The SMILES string of the molecule is CCC(C)(C)C(=O)N1CCCCC1. The maximum atomic E-state index is 12.0. The van der Waals surface area contributed by atoms with Crippen molar-refractivity contribution in [1.29, 1.82) is 0 Å². The van der Waals surface area contributed by atoms with Gasteiger partial charge in [-0.05, 0) is 25.7 Å². The minimum Gasteiger partial charge on any atom is -0.342 e. The van der Waals surface area contributed by atoms with E-state index in [2.05, 4.69) is 6.92 Å². The second-order valence-corrected chi connectivity index (χ2v) is 4.59. The Morgan fingerprint density at radius 2 is 1.77 bits per heavy atom. The number of hydrogen-bond donors (Lipinski definition) is 0. The van der Waals surface area contributed by atoms with Crippen LogP contribution in [0.5, 0.6) is 0 Å². The van der Waals surface area contributed by atoms with Crippen molar-refractivity contribution < 1.29 is 4.79 Å². The van der Waals surface area contributed by atoms with Gasteiger partial charge in [-0.25, -0.2) is 0 Å². The topological polar surface area (TPSA) is 20.3 Å². The third-order valence-corrected chi connectivity index (χ3v) is 3.11. The van der Waals surface area contributed by atoms with Gasteiger partial charge < -0.3 is 4.90 Å². The molecule has 2 heteroatoms.